The van der Waals surface area contributed by atoms with Crippen molar-refractivity contribution >= 4 is 10.8 Å². The molecule has 0 unspecified atom stereocenters. The first-order valence-corrected chi connectivity index (χ1v) is 18.8. The molecule has 7 aromatic carbocycles. The number of nitrogens with zero attached hydrogens (tertiary/aromatic N) is 3. The highest BCUT2D eigenvalue weighted by atomic mass is 14.9. The second-order valence-corrected chi connectivity index (χ2v) is 14.9. The van der Waals surface area contributed by atoms with Gasteiger partial charge in [0.15, 0.2) is 5.82 Å². The first kappa shape index (κ1) is 32.7. The summed E-state index contributed by atoms with van der Waals surface area (Å²) in [6.07, 6.45) is 3.69. The van der Waals surface area contributed by atoms with E-state index in [2.05, 4.69) is 170 Å². The zero-order chi connectivity index (χ0) is 36.9. The van der Waals surface area contributed by atoms with Crippen molar-refractivity contribution in [3.05, 3.63) is 199 Å². The van der Waals surface area contributed by atoms with Crippen molar-refractivity contribution < 1.29 is 0 Å². The Morgan fingerprint density at radius 1 is 0.400 bits per heavy atom. The topological polar surface area (TPSA) is 38.7 Å². The Balaban J connectivity index is 1.02. The average molecular weight is 704 g/mol. The average Bonchev–Trinajstić information content (AvgIpc) is 3.49. The van der Waals surface area contributed by atoms with E-state index in [9.17, 15) is 0 Å². The van der Waals surface area contributed by atoms with Gasteiger partial charge in [0.2, 0.25) is 0 Å². The van der Waals surface area contributed by atoms with Crippen molar-refractivity contribution in [1.29, 1.82) is 0 Å². The summed E-state index contributed by atoms with van der Waals surface area (Å²) in [7, 11) is 0. The molecule has 0 spiro atoms. The molecule has 0 radical (unpaired) electrons. The third-order valence-electron chi connectivity index (χ3n) is 11.2. The van der Waals surface area contributed by atoms with Crippen LogP contribution < -0.4 is 0 Å². The maximum Gasteiger partial charge on any atom is 0.160 e. The van der Waals surface area contributed by atoms with Crippen LogP contribution in [0.5, 0.6) is 0 Å². The van der Waals surface area contributed by atoms with Crippen molar-refractivity contribution in [2.24, 2.45) is 0 Å². The molecule has 55 heavy (non-hydrogen) atoms. The highest BCUT2D eigenvalue weighted by Gasteiger charge is 2.36. The van der Waals surface area contributed by atoms with Gasteiger partial charge >= 0.3 is 0 Å². The summed E-state index contributed by atoms with van der Waals surface area (Å²) in [5, 5.41) is 2.64. The van der Waals surface area contributed by atoms with Gasteiger partial charge in [-0.1, -0.05) is 159 Å². The van der Waals surface area contributed by atoms with Gasteiger partial charge in [-0.15, -0.1) is 0 Å². The molecule has 0 N–H and O–H groups in total. The van der Waals surface area contributed by atoms with Crippen molar-refractivity contribution in [3.63, 3.8) is 0 Å². The highest BCUT2D eigenvalue weighted by Crippen LogP contribution is 2.52. The molecule has 260 valence electrons. The molecule has 2 heterocycles. The minimum atomic E-state index is -0.0725. The third-order valence-corrected chi connectivity index (χ3v) is 11.2. The fraction of sp³-hybridized carbons (Fsp3) is 0.0577. The van der Waals surface area contributed by atoms with Crippen LogP contribution in [-0.4, -0.2) is 15.0 Å². The maximum atomic E-state index is 5.13. The van der Waals surface area contributed by atoms with E-state index < -0.39 is 0 Å². The zero-order valence-electron chi connectivity index (χ0n) is 30.7. The van der Waals surface area contributed by atoms with Gasteiger partial charge in [0, 0.05) is 34.5 Å². The molecule has 3 heteroatoms. The first-order valence-electron chi connectivity index (χ1n) is 18.8. The summed E-state index contributed by atoms with van der Waals surface area (Å²) in [6.45, 7) is 4.72. The largest absolute Gasteiger partial charge is 0.264 e. The molecular formula is C52H37N3. The molecule has 0 fully saturated rings. The SMILES string of the molecule is CC1(C)c2ccc(-c3cccc(-c4cccc(-c5cc(-c6ccc(-c7cccnc7)cc6)nc(-c6ccccc6)n5)c4)c3)cc2-c2ccc3ccccc3c21. The van der Waals surface area contributed by atoms with E-state index in [4.69, 9.17) is 9.97 Å². The molecule has 0 saturated carbocycles. The van der Waals surface area contributed by atoms with Crippen LogP contribution in [0.1, 0.15) is 25.0 Å². The van der Waals surface area contributed by atoms with Gasteiger partial charge in [-0.25, -0.2) is 9.97 Å². The lowest BCUT2D eigenvalue weighted by atomic mass is 9.80. The molecule has 0 aliphatic heterocycles. The van der Waals surface area contributed by atoms with Crippen molar-refractivity contribution in [2.75, 3.05) is 0 Å². The van der Waals surface area contributed by atoms with Gasteiger partial charge in [0.1, 0.15) is 0 Å². The van der Waals surface area contributed by atoms with Crippen LogP contribution in [0.15, 0.2) is 188 Å². The van der Waals surface area contributed by atoms with Crippen LogP contribution in [0.2, 0.25) is 0 Å². The third kappa shape index (κ3) is 5.82. The highest BCUT2D eigenvalue weighted by molar-refractivity contribution is 5.98. The van der Waals surface area contributed by atoms with Crippen molar-refractivity contribution in [3.8, 4) is 78.4 Å². The molecule has 2 aromatic heterocycles. The molecule has 9 aromatic rings. The Kier molecular flexibility index (Phi) is 7.81. The molecule has 0 amide bonds. The molecule has 0 saturated heterocycles. The van der Waals surface area contributed by atoms with Gasteiger partial charge < -0.3 is 0 Å². The number of hydrogen-bond acceptors (Lipinski definition) is 3. The molecule has 1 aliphatic rings. The van der Waals surface area contributed by atoms with E-state index in [1.54, 1.807) is 6.20 Å². The Morgan fingerprint density at radius 2 is 1.00 bits per heavy atom. The number of hydrogen-bond donors (Lipinski definition) is 0. The molecule has 0 atom stereocenters. The zero-order valence-corrected chi connectivity index (χ0v) is 30.7. The van der Waals surface area contributed by atoms with Gasteiger partial charge in [-0.3, -0.25) is 4.98 Å². The van der Waals surface area contributed by atoms with E-state index in [0.29, 0.717) is 5.82 Å². The number of pyridine rings is 1. The van der Waals surface area contributed by atoms with Crippen LogP contribution >= 0.6 is 0 Å². The Labute approximate surface area is 321 Å². The van der Waals surface area contributed by atoms with Crippen molar-refractivity contribution in [2.45, 2.75) is 19.3 Å². The predicted molar refractivity (Wildman–Crippen MR) is 228 cm³/mol. The summed E-state index contributed by atoms with van der Waals surface area (Å²) >= 11 is 0. The van der Waals surface area contributed by atoms with Gasteiger partial charge in [0.25, 0.3) is 0 Å². The van der Waals surface area contributed by atoms with Crippen LogP contribution in [-0.2, 0) is 5.41 Å². The summed E-state index contributed by atoms with van der Waals surface area (Å²) < 4.78 is 0. The number of aromatic nitrogens is 3. The monoisotopic (exact) mass is 703 g/mol. The number of fused-ring (bicyclic) bond motifs is 5. The Bertz CT molecular complexity index is 2870. The lowest BCUT2D eigenvalue weighted by molar-refractivity contribution is 0.666. The van der Waals surface area contributed by atoms with E-state index in [1.165, 1.54) is 44.2 Å². The number of rotatable bonds is 6. The molecular weight excluding hydrogens is 667 g/mol. The van der Waals surface area contributed by atoms with E-state index in [0.717, 1.165) is 50.3 Å². The van der Waals surface area contributed by atoms with Gasteiger partial charge in [-0.2, -0.15) is 0 Å². The second kappa shape index (κ2) is 13.2. The lowest BCUT2D eigenvalue weighted by Crippen LogP contribution is -2.15. The standard InChI is InChI=1S/C52H37N3/c1-52(2)47-27-25-41(31-46(47)45-26-24-35-11-6-7-19-44(35)50(45)52)39-15-8-14-38(29-39)40-16-9-17-42(30-40)49-32-48(54-51(55-49)37-12-4-3-5-13-37)36-22-20-34(21-23-36)43-18-10-28-53-33-43/h3-33H,1-2H3. The Morgan fingerprint density at radius 3 is 1.75 bits per heavy atom. The van der Waals surface area contributed by atoms with E-state index >= 15 is 0 Å². The predicted octanol–water partition coefficient (Wildman–Crippen LogP) is 13.3. The van der Waals surface area contributed by atoms with Gasteiger partial charge in [-0.05, 0) is 96.7 Å². The van der Waals surface area contributed by atoms with Crippen molar-refractivity contribution in [1.82, 2.24) is 15.0 Å². The lowest BCUT2D eigenvalue weighted by Gasteiger charge is -2.23. The fourth-order valence-electron chi connectivity index (χ4n) is 8.36. The van der Waals surface area contributed by atoms with Crippen LogP contribution in [0.25, 0.3) is 89.2 Å². The first-order chi connectivity index (χ1) is 27.0. The minimum absolute atomic E-state index is 0.0725. The quantitative estimate of drug-likeness (QED) is 0.173. The second-order valence-electron chi connectivity index (χ2n) is 14.9. The summed E-state index contributed by atoms with van der Waals surface area (Å²) in [5.74, 6) is 0.700. The van der Waals surface area contributed by atoms with Crippen LogP contribution in [0.3, 0.4) is 0 Å². The van der Waals surface area contributed by atoms with Gasteiger partial charge in [0.05, 0.1) is 11.4 Å². The van der Waals surface area contributed by atoms with E-state index in [1.807, 2.05) is 30.5 Å². The Hall–Kier alpha value is -6.97. The summed E-state index contributed by atoms with van der Waals surface area (Å²) in [5.41, 5.74) is 17.1. The van der Waals surface area contributed by atoms with Crippen LogP contribution in [0, 0.1) is 0 Å². The minimum Gasteiger partial charge on any atom is -0.264 e. The molecule has 10 rings (SSSR count). The normalized spacial score (nSPS) is 12.7. The van der Waals surface area contributed by atoms with Crippen LogP contribution in [0.4, 0.5) is 0 Å². The maximum absolute atomic E-state index is 5.13. The summed E-state index contributed by atoms with van der Waals surface area (Å²) in [6, 6.07) is 62.9. The molecule has 0 bridgehead atoms. The van der Waals surface area contributed by atoms with E-state index in [-0.39, 0.29) is 5.41 Å². The fourth-order valence-corrected chi connectivity index (χ4v) is 8.36. The number of benzene rings is 7. The summed E-state index contributed by atoms with van der Waals surface area (Å²) in [4.78, 5) is 14.5. The molecule has 1 aliphatic carbocycles. The smallest absolute Gasteiger partial charge is 0.160 e. The molecule has 3 nitrogen and oxygen atoms in total.